The van der Waals surface area contributed by atoms with Crippen LogP contribution in [0.15, 0.2) is 12.2 Å². The van der Waals surface area contributed by atoms with Crippen molar-refractivity contribution in [3.8, 4) is 0 Å². The molecule has 0 saturated carbocycles. The molecule has 0 saturated heterocycles. The summed E-state index contributed by atoms with van der Waals surface area (Å²) in [6.07, 6.45) is 15.4. The van der Waals surface area contributed by atoms with Gasteiger partial charge in [0.05, 0.1) is 0 Å². The lowest BCUT2D eigenvalue weighted by molar-refractivity contribution is 0.588. The first kappa shape index (κ1) is 21.9. The van der Waals surface area contributed by atoms with Crippen LogP contribution in [0.1, 0.15) is 51.4 Å². The van der Waals surface area contributed by atoms with Gasteiger partial charge in [0.25, 0.3) is 0 Å². The van der Waals surface area contributed by atoms with Gasteiger partial charge < -0.3 is 0 Å². The highest BCUT2D eigenvalue weighted by Gasteiger charge is 1.90. The molecule has 0 unspecified atom stereocenters. The van der Waals surface area contributed by atoms with Crippen LogP contribution in [-0.2, 0) is 0 Å². The Labute approximate surface area is 147 Å². The van der Waals surface area contributed by atoms with Crippen LogP contribution in [0.25, 0.3) is 0 Å². The van der Waals surface area contributed by atoms with Crippen molar-refractivity contribution in [3.05, 3.63) is 12.2 Å². The SMILES string of the molecule is BrC/C=C/CBr.BrCCCCCCCCCCBr. The highest BCUT2D eigenvalue weighted by atomic mass is 79.9. The Bertz CT molecular complexity index is 133. The molecule has 0 bridgehead atoms. The third kappa shape index (κ3) is 26.3. The van der Waals surface area contributed by atoms with E-state index in [0.717, 1.165) is 10.7 Å². The Kier molecular flexibility index (Phi) is 28.9. The van der Waals surface area contributed by atoms with Crippen LogP contribution in [-0.4, -0.2) is 21.3 Å². The van der Waals surface area contributed by atoms with Gasteiger partial charge in [0.2, 0.25) is 0 Å². The topological polar surface area (TPSA) is 0 Å². The predicted octanol–water partition coefficient (Wildman–Crippen LogP) is 7.23. The van der Waals surface area contributed by atoms with Gasteiger partial charge in [0, 0.05) is 21.3 Å². The third-order valence-corrected chi connectivity index (χ3v) is 4.23. The second kappa shape index (κ2) is 23.7. The van der Waals surface area contributed by atoms with Crippen LogP contribution in [0.5, 0.6) is 0 Å². The maximum Gasteiger partial charge on any atom is 0.0212 e. The van der Waals surface area contributed by atoms with E-state index < -0.39 is 0 Å². The fraction of sp³-hybridized carbons (Fsp3) is 0.857. The average molecular weight is 514 g/mol. The van der Waals surface area contributed by atoms with Crippen LogP contribution in [0.2, 0.25) is 0 Å². The molecule has 0 aromatic carbocycles. The van der Waals surface area contributed by atoms with Gasteiger partial charge in [-0.1, -0.05) is 114 Å². The van der Waals surface area contributed by atoms with Crippen LogP contribution in [0, 0.1) is 0 Å². The zero-order valence-corrected chi connectivity index (χ0v) is 17.5. The molecule has 4 heteroatoms. The molecule has 0 N–H and O–H groups in total. The highest BCUT2D eigenvalue weighted by Crippen LogP contribution is 2.09. The lowest BCUT2D eigenvalue weighted by Gasteiger charge is -1.99. The molecule has 0 atom stereocenters. The smallest absolute Gasteiger partial charge is 0.0212 e. The van der Waals surface area contributed by atoms with Crippen LogP contribution in [0.3, 0.4) is 0 Å². The summed E-state index contributed by atoms with van der Waals surface area (Å²) in [4.78, 5) is 0. The van der Waals surface area contributed by atoms with Crippen molar-refractivity contribution < 1.29 is 0 Å². The molecule has 0 amide bonds. The second-order valence-electron chi connectivity index (χ2n) is 3.99. The molecule has 0 radical (unpaired) electrons. The fourth-order valence-electron chi connectivity index (χ4n) is 1.38. The van der Waals surface area contributed by atoms with Crippen molar-refractivity contribution >= 4 is 63.7 Å². The number of hydrogen-bond donors (Lipinski definition) is 0. The predicted molar refractivity (Wildman–Crippen MR) is 101 cm³/mol. The monoisotopic (exact) mass is 510 g/mol. The van der Waals surface area contributed by atoms with Crippen molar-refractivity contribution in [1.82, 2.24) is 0 Å². The molecule has 0 aliphatic rings. The van der Waals surface area contributed by atoms with Gasteiger partial charge in [-0.05, 0) is 12.8 Å². The Morgan fingerprint density at radius 3 is 0.944 bits per heavy atom. The Balaban J connectivity index is 0. The molecule has 0 spiro atoms. The standard InChI is InChI=1S/C10H20Br2.C4H6Br2/c11-9-7-5-3-1-2-4-6-8-10-12;5-3-1-2-4-6/h1-10H2;1-2H,3-4H2/b;2-1+. The molecule has 0 fully saturated rings. The van der Waals surface area contributed by atoms with E-state index in [-0.39, 0.29) is 0 Å². The summed E-state index contributed by atoms with van der Waals surface area (Å²) < 4.78 is 0. The summed E-state index contributed by atoms with van der Waals surface area (Å²) in [5.74, 6) is 0. The van der Waals surface area contributed by atoms with E-state index >= 15 is 0 Å². The number of halogens is 4. The zero-order chi connectivity index (χ0) is 13.9. The maximum absolute atomic E-state index is 3.45. The Morgan fingerprint density at radius 1 is 0.444 bits per heavy atom. The van der Waals surface area contributed by atoms with Gasteiger partial charge in [-0.15, -0.1) is 0 Å². The molecular formula is C14H26Br4. The summed E-state index contributed by atoms with van der Waals surface area (Å²) in [5, 5.41) is 4.27. The van der Waals surface area contributed by atoms with E-state index in [4.69, 9.17) is 0 Å². The number of unbranched alkanes of at least 4 members (excludes halogenated alkanes) is 7. The summed E-state index contributed by atoms with van der Waals surface area (Å²) in [7, 11) is 0. The molecule has 0 nitrogen and oxygen atoms in total. The van der Waals surface area contributed by atoms with E-state index in [0.29, 0.717) is 0 Å². The van der Waals surface area contributed by atoms with Gasteiger partial charge in [0.1, 0.15) is 0 Å². The van der Waals surface area contributed by atoms with E-state index in [2.05, 4.69) is 75.9 Å². The molecule has 0 aromatic rings. The quantitative estimate of drug-likeness (QED) is 0.155. The normalized spacial score (nSPS) is 10.4. The lowest BCUT2D eigenvalue weighted by Crippen LogP contribution is -1.81. The fourth-order valence-corrected chi connectivity index (χ4v) is 2.70. The highest BCUT2D eigenvalue weighted by molar-refractivity contribution is 9.09. The van der Waals surface area contributed by atoms with Crippen molar-refractivity contribution in [2.45, 2.75) is 51.4 Å². The minimum Gasteiger partial charge on any atom is -0.0928 e. The van der Waals surface area contributed by atoms with Crippen LogP contribution >= 0.6 is 63.7 Å². The van der Waals surface area contributed by atoms with Gasteiger partial charge in [-0.2, -0.15) is 0 Å². The molecule has 0 aromatic heterocycles. The van der Waals surface area contributed by atoms with Gasteiger partial charge in [-0.3, -0.25) is 0 Å². The van der Waals surface area contributed by atoms with E-state index in [1.807, 2.05) is 0 Å². The summed E-state index contributed by atoms with van der Waals surface area (Å²) in [5.41, 5.74) is 0. The molecule has 0 rings (SSSR count). The van der Waals surface area contributed by atoms with Crippen molar-refractivity contribution in [2.24, 2.45) is 0 Å². The van der Waals surface area contributed by atoms with Crippen molar-refractivity contribution in [1.29, 1.82) is 0 Å². The number of rotatable bonds is 11. The molecule has 110 valence electrons. The van der Waals surface area contributed by atoms with Crippen molar-refractivity contribution in [2.75, 3.05) is 21.3 Å². The van der Waals surface area contributed by atoms with Crippen LogP contribution in [0.4, 0.5) is 0 Å². The molecule has 0 aliphatic carbocycles. The lowest BCUT2D eigenvalue weighted by atomic mass is 10.1. The van der Waals surface area contributed by atoms with E-state index in [1.165, 1.54) is 62.0 Å². The average Bonchev–Trinajstić information content (AvgIpc) is 2.40. The largest absolute Gasteiger partial charge is 0.0928 e. The van der Waals surface area contributed by atoms with Crippen LogP contribution < -0.4 is 0 Å². The minimum absolute atomic E-state index is 0.957. The Morgan fingerprint density at radius 2 is 0.722 bits per heavy atom. The van der Waals surface area contributed by atoms with Gasteiger partial charge in [0.15, 0.2) is 0 Å². The number of allylic oxidation sites excluding steroid dienone is 2. The van der Waals surface area contributed by atoms with Crippen molar-refractivity contribution in [3.63, 3.8) is 0 Å². The first-order valence-electron chi connectivity index (χ1n) is 6.72. The number of alkyl halides is 4. The Hall–Kier alpha value is 1.66. The molecule has 18 heavy (non-hydrogen) atoms. The summed E-state index contributed by atoms with van der Waals surface area (Å²) in [6, 6.07) is 0. The first-order chi connectivity index (χ1) is 8.83. The second-order valence-corrected chi connectivity index (χ2v) is 6.87. The van der Waals surface area contributed by atoms with Gasteiger partial charge >= 0.3 is 0 Å². The molecule has 0 heterocycles. The van der Waals surface area contributed by atoms with Gasteiger partial charge in [-0.25, -0.2) is 0 Å². The zero-order valence-electron chi connectivity index (χ0n) is 11.2. The van der Waals surface area contributed by atoms with E-state index in [1.54, 1.807) is 0 Å². The third-order valence-electron chi connectivity index (χ3n) is 2.36. The molecule has 0 aliphatic heterocycles. The minimum atomic E-state index is 0.957. The summed E-state index contributed by atoms with van der Waals surface area (Å²) in [6.45, 7) is 0. The molecular weight excluding hydrogens is 488 g/mol. The van der Waals surface area contributed by atoms with E-state index in [9.17, 15) is 0 Å². The maximum atomic E-state index is 3.45. The number of hydrogen-bond acceptors (Lipinski definition) is 0. The first-order valence-corrected chi connectivity index (χ1v) is 11.2. The summed E-state index contributed by atoms with van der Waals surface area (Å²) >= 11 is 13.4.